The number of anilines is 1. The molecule has 0 aliphatic carbocycles. The maximum atomic E-state index is 12.6. The molecule has 7 nitrogen and oxygen atoms in total. The second-order valence-corrected chi connectivity index (χ2v) is 7.44. The highest BCUT2D eigenvalue weighted by Gasteiger charge is 2.20. The fourth-order valence-corrected chi connectivity index (χ4v) is 3.38. The fraction of sp³-hybridized carbons (Fsp3) is 0.222. The summed E-state index contributed by atoms with van der Waals surface area (Å²) in [5.41, 5.74) is 1.44. The first-order chi connectivity index (χ1) is 13.0. The number of aromatic nitrogens is 4. The lowest BCUT2D eigenvalue weighted by atomic mass is 10.2. The van der Waals surface area contributed by atoms with E-state index in [1.54, 1.807) is 37.5 Å². The lowest BCUT2D eigenvalue weighted by Crippen LogP contribution is -2.23. The van der Waals surface area contributed by atoms with Crippen molar-refractivity contribution in [2.45, 2.75) is 17.3 Å². The van der Waals surface area contributed by atoms with Gasteiger partial charge >= 0.3 is 0 Å². The van der Waals surface area contributed by atoms with E-state index in [0.717, 1.165) is 5.56 Å². The Labute approximate surface area is 166 Å². The molecule has 0 bridgehead atoms. The van der Waals surface area contributed by atoms with Crippen molar-refractivity contribution in [3.8, 4) is 17.1 Å². The minimum atomic E-state index is -0.401. The SMILES string of the molecule is COc1ccc(Cl)cc1NC(=O)[C@@H](C)Sc1nnc(-c2ccncc2)n1C. The lowest BCUT2D eigenvalue weighted by Gasteiger charge is -2.14. The number of ether oxygens (including phenoxy) is 1. The maximum absolute atomic E-state index is 12.6. The zero-order valence-electron chi connectivity index (χ0n) is 15.0. The Balaban J connectivity index is 1.72. The summed E-state index contributed by atoms with van der Waals surface area (Å²) in [6.45, 7) is 1.80. The highest BCUT2D eigenvalue weighted by atomic mass is 35.5. The molecule has 140 valence electrons. The van der Waals surface area contributed by atoms with Crippen LogP contribution in [0.25, 0.3) is 11.4 Å². The molecule has 0 aliphatic heterocycles. The third kappa shape index (κ3) is 4.40. The lowest BCUT2D eigenvalue weighted by molar-refractivity contribution is -0.115. The monoisotopic (exact) mass is 403 g/mol. The molecule has 1 amide bonds. The number of methoxy groups -OCH3 is 1. The first-order valence-corrected chi connectivity index (χ1v) is 9.36. The van der Waals surface area contributed by atoms with Crippen LogP contribution in [-0.2, 0) is 11.8 Å². The molecule has 0 saturated heterocycles. The van der Waals surface area contributed by atoms with Crippen molar-refractivity contribution in [2.75, 3.05) is 12.4 Å². The summed E-state index contributed by atoms with van der Waals surface area (Å²) in [6.07, 6.45) is 3.40. The summed E-state index contributed by atoms with van der Waals surface area (Å²) >= 11 is 7.33. The molecule has 3 rings (SSSR count). The molecule has 0 aliphatic rings. The Morgan fingerprint density at radius 3 is 2.70 bits per heavy atom. The van der Waals surface area contributed by atoms with Gasteiger partial charge < -0.3 is 14.6 Å². The smallest absolute Gasteiger partial charge is 0.237 e. The van der Waals surface area contributed by atoms with Gasteiger partial charge in [-0.05, 0) is 37.3 Å². The number of thioether (sulfide) groups is 1. The topological polar surface area (TPSA) is 81.9 Å². The molecule has 1 atom stereocenters. The van der Waals surface area contributed by atoms with Gasteiger partial charge in [-0.2, -0.15) is 0 Å². The molecule has 0 unspecified atom stereocenters. The zero-order chi connectivity index (χ0) is 19.4. The molecule has 1 N–H and O–H groups in total. The van der Waals surface area contributed by atoms with Crippen LogP contribution in [0.4, 0.5) is 5.69 Å². The molecule has 0 fully saturated rings. The van der Waals surface area contributed by atoms with Crippen molar-refractivity contribution in [2.24, 2.45) is 7.05 Å². The molecule has 1 aromatic carbocycles. The number of nitrogens with zero attached hydrogens (tertiary/aromatic N) is 4. The number of nitrogens with one attached hydrogen (secondary N) is 1. The Morgan fingerprint density at radius 1 is 1.26 bits per heavy atom. The van der Waals surface area contributed by atoms with Gasteiger partial charge in [0.05, 0.1) is 18.0 Å². The van der Waals surface area contributed by atoms with E-state index in [1.807, 2.05) is 23.7 Å². The van der Waals surface area contributed by atoms with Gasteiger partial charge in [-0.1, -0.05) is 23.4 Å². The summed E-state index contributed by atoms with van der Waals surface area (Å²) in [5, 5.41) is 12.0. The van der Waals surface area contributed by atoms with Crippen LogP contribution in [0.3, 0.4) is 0 Å². The van der Waals surface area contributed by atoms with Gasteiger partial charge in [0, 0.05) is 30.0 Å². The molecular formula is C18H18ClN5O2S. The summed E-state index contributed by atoms with van der Waals surface area (Å²) in [5.74, 6) is 1.07. The maximum Gasteiger partial charge on any atom is 0.237 e. The van der Waals surface area contributed by atoms with Crippen molar-refractivity contribution in [3.63, 3.8) is 0 Å². The predicted molar refractivity (Wildman–Crippen MR) is 106 cm³/mol. The van der Waals surface area contributed by atoms with E-state index in [4.69, 9.17) is 16.3 Å². The highest BCUT2D eigenvalue weighted by molar-refractivity contribution is 8.00. The highest BCUT2D eigenvalue weighted by Crippen LogP contribution is 2.30. The summed E-state index contributed by atoms with van der Waals surface area (Å²) < 4.78 is 7.11. The second kappa shape index (κ2) is 8.41. The Kier molecular flexibility index (Phi) is 5.98. The number of rotatable bonds is 6. The standard InChI is InChI=1S/C18H18ClN5O2S/c1-11(17(25)21-14-10-13(19)4-5-15(14)26-3)27-18-23-22-16(24(18)2)12-6-8-20-9-7-12/h4-11H,1-3H3,(H,21,25)/t11-/m1/s1. The molecule has 0 saturated carbocycles. The van der Waals surface area contributed by atoms with E-state index < -0.39 is 5.25 Å². The number of carbonyl (C=O) groups is 1. The van der Waals surface area contributed by atoms with Crippen LogP contribution in [-0.4, -0.2) is 38.0 Å². The van der Waals surface area contributed by atoms with E-state index in [2.05, 4.69) is 20.5 Å². The number of benzene rings is 1. The number of amides is 1. The molecular weight excluding hydrogens is 386 g/mol. The third-order valence-electron chi connectivity index (χ3n) is 3.84. The summed E-state index contributed by atoms with van der Waals surface area (Å²) in [6, 6.07) is 8.79. The van der Waals surface area contributed by atoms with Gasteiger partial charge in [-0.3, -0.25) is 9.78 Å². The van der Waals surface area contributed by atoms with Crippen LogP contribution in [0.1, 0.15) is 6.92 Å². The van der Waals surface area contributed by atoms with Crippen LogP contribution in [0, 0.1) is 0 Å². The Morgan fingerprint density at radius 2 is 2.00 bits per heavy atom. The minimum Gasteiger partial charge on any atom is -0.495 e. The van der Waals surface area contributed by atoms with E-state index in [-0.39, 0.29) is 5.91 Å². The molecule has 0 radical (unpaired) electrons. The summed E-state index contributed by atoms with van der Waals surface area (Å²) in [7, 11) is 3.40. The fourth-order valence-electron chi connectivity index (χ4n) is 2.39. The Bertz CT molecular complexity index is 948. The third-order valence-corrected chi connectivity index (χ3v) is 5.21. The van der Waals surface area contributed by atoms with Gasteiger partial charge in [-0.25, -0.2) is 0 Å². The van der Waals surface area contributed by atoms with Crippen molar-refractivity contribution >= 4 is 35.0 Å². The molecule has 3 aromatic rings. The van der Waals surface area contributed by atoms with Crippen LogP contribution in [0.15, 0.2) is 47.9 Å². The van der Waals surface area contributed by atoms with Crippen LogP contribution in [0.2, 0.25) is 5.02 Å². The second-order valence-electron chi connectivity index (χ2n) is 5.70. The normalized spacial score (nSPS) is 11.9. The van der Waals surface area contributed by atoms with Gasteiger partial charge in [0.1, 0.15) is 5.75 Å². The average Bonchev–Trinajstić information content (AvgIpc) is 3.03. The van der Waals surface area contributed by atoms with E-state index in [0.29, 0.717) is 27.4 Å². The van der Waals surface area contributed by atoms with Crippen molar-refractivity contribution in [1.29, 1.82) is 0 Å². The number of halogens is 1. The largest absolute Gasteiger partial charge is 0.495 e. The molecule has 27 heavy (non-hydrogen) atoms. The number of hydrogen-bond donors (Lipinski definition) is 1. The molecule has 9 heteroatoms. The van der Waals surface area contributed by atoms with Gasteiger partial charge in [-0.15, -0.1) is 10.2 Å². The van der Waals surface area contributed by atoms with Crippen LogP contribution >= 0.6 is 23.4 Å². The van der Waals surface area contributed by atoms with Gasteiger partial charge in [0.2, 0.25) is 5.91 Å². The molecule has 2 heterocycles. The Hall–Kier alpha value is -2.58. The molecule has 2 aromatic heterocycles. The van der Waals surface area contributed by atoms with E-state index in [1.165, 1.54) is 18.9 Å². The number of carbonyl (C=O) groups excluding carboxylic acids is 1. The first kappa shape index (κ1) is 19.2. The zero-order valence-corrected chi connectivity index (χ0v) is 16.6. The van der Waals surface area contributed by atoms with Gasteiger partial charge in [0.25, 0.3) is 0 Å². The number of hydrogen-bond acceptors (Lipinski definition) is 6. The van der Waals surface area contributed by atoms with E-state index >= 15 is 0 Å². The minimum absolute atomic E-state index is 0.186. The van der Waals surface area contributed by atoms with E-state index in [9.17, 15) is 4.79 Å². The predicted octanol–water partition coefficient (Wildman–Crippen LogP) is 3.66. The first-order valence-electron chi connectivity index (χ1n) is 8.10. The van der Waals surface area contributed by atoms with Crippen LogP contribution in [0.5, 0.6) is 5.75 Å². The van der Waals surface area contributed by atoms with Crippen LogP contribution < -0.4 is 10.1 Å². The van der Waals surface area contributed by atoms with Gasteiger partial charge in [0.15, 0.2) is 11.0 Å². The average molecular weight is 404 g/mol. The quantitative estimate of drug-likeness (QED) is 0.632. The van der Waals surface area contributed by atoms with Crippen molar-refractivity contribution in [3.05, 3.63) is 47.7 Å². The summed E-state index contributed by atoms with van der Waals surface area (Å²) in [4.78, 5) is 16.6. The van der Waals surface area contributed by atoms with Crippen molar-refractivity contribution in [1.82, 2.24) is 19.7 Å². The number of pyridine rings is 1. The molecule has 0 spiro atoms. The van der Waals surface area contributed by atoms with Crippen molar-refractivity contribution < 1.29 is 9.53 Å².